The van der Waals surface area contributed by atoms with Crippen molar-refractivity contribution in [2.75, 3.05) is 7.05 Å². The molecule has 0 aliphatic heterocycles. The Bertz CT molecular complexity index is 785. The maximum atomic E-state index is 12.5. The average Bonchev–Trinajstić information content (AvgIpc) is 2.49. The van der Waals surface area contributed by atoms with Crippen LogP contribution >= 0.6 is 0 Å². The Morgan fingerprint density at radius 3 is 2.36 bits per heavy atom. The van der Waals surface area contributed by atoms with Crippen LogP contribution in [0.3, 0.4) is 0 Å². The molecule has 0 radical (unpaired) electrons. The highest BCUT2D eigenvalue weighted by molar-refractivity contribution is 7.89. The lowest BCUT2D eigenvalue weighted by molar-refractivity contribution is -0.385. The molecule has 0 amide bonds. The van der Waals surface area contributed by atoms with Gasteiger partial charge in [-0.25, -0.2) is 8.42 Å². The third kappa shape index (κ3) is 3.49. The van der Waals surface area contributed by atoms with Crippen LogP contribution in [0.25, 0.3) is 0 Å². The number of sulfonamides is 1. The van der Waals surface area contributed by atoms with Crippen molar-refractivity contribution in [2.24, 2.45) is 0 Å². The topological polar surface area (TPSA) is 80.5 Å². The van der Waals surface area contributed by atoms with E-state index in [4.69, 9.17) is 0 Å². The van der Waals surface area contributed by atoms with Gasteiger partial charge in [-0.1, -0.05) is 35.9 Å². The average molecular weight is 320 g/mol. The number of aryl methyl sites for hydroxylation is 1. The van der Waals surface area contributed by atoms with Gasteiger partial charge in [0.2, 0.25) is 10.0 Å². The second kappa shape index (κ2) is 6.25. The molecule has 0 N–H and O–H groups in total. The van der Waals surface area contributed by atoms with Gasteiger partial charge in [-0.05, 0) is 18.6 Å². The zero-order valence-corrected chi connectivity index (χ0v) is 13.1. The van der Waals surface area contributed by atoms with Gasteiger partial charge < -0.3 is 0 Å². The third-order valence-corrected chi connectivity index (χ3v) is 5.06. The second-order valence-electron chi connectivity index (χ2n) is 5.00. The van der Waals surface area contributed by atoms with Crippen LogP contribution in [0.5, 0.6) is 0 Å². The van der Waals surface area contributed by atoms with Gasteiger partial charge in [0.25, 0.3) is 5.69 Å². The van der Waals surface area contributed by atoms with Gasteiger partial charge in [0.05, 0.1) is 9.82 Å². The molecule has 7 heteroatoms. The molecule has 2 aromatic carbocycles. The van der Waals surface area contributed by atoms with Crippen molar-refractivity contribution in [2.45, 2.75) is 18.4 Å². The fourth-order valence-electron chi connectivity index (χ4n) is 1.97. The SMILES string of the molecule is Cc1ccc(CN(C)S(=O)(=O)c2cccc([N+](=O)[O-])c2)cc1. The predicted molar refractivity (Wildman–Crippen MR) is 82.9 cm³/mol. The molecule has 0 heterocycles. The molecule has 0 atom stereocenters. The van der Waals surface area contributed by atoms with Gasteiger partial charge in [0.15, 0.2) is 0 Å². The largest absolute Gasteiger partial charge is 0.270 e. The predicted octanol–water partition coefficient (Wildman–Crippen LogP) is 2.72. The number of hydrogen-bond donors (Lipinski definition) is 0. The molecule has 116 valence electrons. The molecule has 2 rings (SSSR count). The van der Waals surface area contributed by atoms with E-state index in [1.807, 2.05) is 31.2 Å². The molecule has 0 fully saturated rings. The maximum Gasteiger partial charge on any atom is 0.270 e. The fraction of sp³-hybridized carbons (Fsp3) is 0.200. The van der Waals surface area contributed by atoms with Gasteiger partial charge in [0, 0.05) is 25.7 Å². The summed E-state index contributed by atoms with van der Waals surface area (Å²) in [5, 5.41) is 10.8. The van der Waals surface area contributed by atoms with Crippen molar-refractivity contribution in [1.29, 1.82) is 0 Å². The van der Waals surface area contributed by atoms with Gasteiger partial charge in [-0.15, -0.1) is 0 Å². The summed E-state index contributed by atoms with van der Waals surface area (Å²) in [4.78, 5) is 10.1. The molecule has 0 saturated heterocycles. The molecule has 22 heavy (non-hydrogen) atoms. The second-order valence-corrected chi connectivity index (χ2v) is 7.05. The van der Waals surface area contributed by atoms with Crippen LogP contribution < -0.4 is 0 Å². The molecule has 0 aromatic heterocycles. The minimum atomic E-state index is -3.77. The number of non-ortho nitro benzene ring substituents is 1. The number of nitro groups is 1. The summed E-state index contributed by atoms with van der Waals surface area (Å²) in [6.45, 7) is 2.15. The molecule has 0 aliphatic rings. The van der Waals surface area contributed by atoms with Gasteiger partial charge >= 0.3 is 0 Å². The van der Waals surface area contributed by atoms with E-state index in [9.17, 15) is 18.5 Å². The standard InChI is InChI=1S/C15H16N2O4S/c1-12-6-8-13(9-7-12)11-16(2)22(20,21)15-5-3-4-14(10-15)17(18)19/h3-10H,11H2,1-2H3. The Balaban J connectivity index is 2.27. The van der Waals surface area contributed by atoms with Crippen LogP contribution in [0.1, 0.15) is 11.1 Å². The Kier molecular flexibility index (Phi) is 4.58. The van der Waals surface area contributed by atoms with Crippen molar-refractivity contribution >= 4 is 15.7 Å². The number of benzene rings is 2. The van der Waals surface area contributed by atoms with Crippen molar-refractivity contribution in [3.05, 3.63) is 69.8 Å². The number of nitro benzene ring substituents is 1. The summed E-state index contributed by atoms with van der Waals surface area (Å²) in [6.07, 6.45) is 0. The molecule has 0 saturated carbocycles. The van der Waals surface area contributed by atoms with E-state index in [0.717, 1.165) is 17.2 Å². The highest BCUT2D eigenvalue weighted by Crippen LogP contribution is 2.21. The summed E-state index contributed by atoms with van der Waals surface area (Å²) in [5.74, 6) is 0. The van der Waals surface area contributed by atoms with E-state index in [2.05, 4.69) is 0 Å². The van der Waals surface area contributed by atoms with E-state index in [0.29, 0.717) is 0 Å². The lowest BCUT2D eigenvalue weighted by atomic mass is 10.1. The van der Waals surface area contributed by atoms with Crippen LogP contribution in [0.2, 0.25) is 0 Å². The first-order valence-electron chi connectivity index (χ1n) is 6.57. The molecule has 0 bridgehead atoms. The highest BCUT2D eigenvalue weighted by Gasteiger charge is 2.22. The maximum absolute atomic E-state index is 12.5. The highest BCUT2D eigenvalue weighted by atomic mass is 32.2. The monoisotopic (exact) mass is 320 g/mol. The van der Waals surface area contributed by atoms with E-state index in [1.165, 1.54) is 29.6 Å². The Labute approximate surface area is 129 Å². The molecule has 6 nitrogen and oxygen atoms in total. The van der Waals surface area contributed by atoms with Crippen LogP contribution in [0.15, 0.2) is 53.4 Å². The normalized spacial score (nSPS) is 11.6. The zero-order chi connectivity index (χ0) is 16.3. The van der Waals surface area contributed by atoms with Crippen LogP contribution in [0, 0.1) is 17.0 Å². The third-order valence-electron chi connectivity index (χ3n) is 3.26. The molecular formula is C15H16N2O4S. The minimum Gasteiger partial charge on any atom is -0.258 e. The lowest BCUT2D eigenvalue weighted by Crippen LogP contribution is -2.26. The number of hydrogen-bond acceptors (Lipinski definition) is 4. The Hall–Kier alpha value is -2.25. The van der Waals surface area contributed by atoms with E-state index < -0.39 is 14.9 Å². The summed E-state index contributed by atoms with van der Waals surface area (Å²) in [6, 6.07) is 12.6. The summed E-state index contributed by atoms with van der Waals surface area (Å²) >= 11 is 0. The van der Waals surface area contributed by atoms with Gasteiger partial charge in [-0.2, -0.15) is 4.31 Å². The molecular weight excluding hydrogens is 304 g/mol. The van der Waals surface area contributed by atoms with Crippen molar-refractivity contribution in [1.82, 2.24) is 4.31 Å². The first-order valence-corrected chi connectivity index (χ1v) is 8.01. The van der Waals surface area contributed by atoms with Crippen molar-refractivity contribution < 1.29 is 13.3 Å². The Morgan fingerprint density at radius 2 is 1.77 bits per heavy atom. The number of nitrogens with zero attached hydrogens (tertiary/aromatic N) is 2. The van der Waals surface area contributed by atoms with Crippen LogP contribution in [-0.2, 0) is 16.6 Å². The van der Waals surface area contributed by atoms with Crippen molar-refractivity contribution in [3.63, 3.8) is 0 Å². The van der Waals surface area contributed by atoms with Crippen molar-refractivity contribution in [3.8, 4) is 0 Å². The fourth-order valence-corrected chi connectivity index (χ4v) is 3.17. The van der Waals surface area contributed by atoms with E-state index >= 15 is 0 Å². The van der Waals surface area contributed by atoms with E-state index in [-0.39, 0.29) is 17.1 Å². The lowest BCUT2D eigenvalue weighted by Gasteiger charge is -2.17. The first kappa shape index (κ1) is 16.1. The molecule has 0 spiro atoms. The molecule has 0 unspecified atom stereocenters. The Morgan fingerprint density at radius 1 is 1.14 bits per heavy atom. The van der Waals surface area contributed by atoms with E-state index in [1.54, 1.807) is 0 Å². The molecule has 0 aliphatic carbocycles. The first-order chi connectivity index (χ1) is 10.3. The summed E-state index contributed by atoms with van der Waals surface area (Å²) in [7, 11) is -2.32. The zero-order valence-electron chi connectivity index (χ0n) is 12.3. The van der Waals surface area contributed by atoms with Crippen LogP contribution in [-0.4, -0.2) is 24.7 Å². The van der Waals surface area contributed by atoms with Gasteiger partial charge in [-0.3, -0.25) is 10.1 Å². The summed E-state index contributed by atoms with van der Waals surface area (Å²) < 4.78 is 26.1. The van der Waals surface area contributed by atoms with Crippen LogP contribution in [0.4, 0.5) is 5.69 Å². The smallest absolute Gasteiger partial charge is 0.258 e. The molecule has 2 aromatic rings. The number of rotatable bonds is 5. The van der Waals surface area contributed by atoms with Gasteiger partial charge in [0.1, 0.15) is 0 Å². The minimum absolute atomic E-state index is 0.0867. The summed E-state index contributed by atoms with van der Waals surface area (Å²) in [5.41, 5.74) is 1.69. The quantitative estimate of drug-likeness (QED) is 0.626.